The minimum atomic E-state index is -1.21. The smallest absolute Gasteiger partial charge is 0.435 e. The molecule has 0 aliphatic heterocycles. The SMILES string of the molecule is COCON(CC(=O)O)C(=O)OC(C)(C)C. The van der Waals surface area contributed by atoms with E-state index in [4.69, 9.17) is 14.7 Å². The largest absolute Gasteiger partial charge is 0.480 e. The standard InChI is InChI=1S/C9H17NO6/c1-9(2,3)16-8(13)10(5-7(11)12)15-6-14-4/h5-6H2,1-4H3,(H,11,12). The molecule has 0 rings (SSSR count). The van der Waals surface area contributed by atoms with Crippen LogP contribution in [-0.2, 0) is 19.1 Å². The Balaban J connectivity index is 4.37. The monoisotopic (exact) mass is 235 g/mol. The zero-order chi connectivity index (χ0) is 12.8. The van der Waals surface area contributed by atoms with E-state index in [1.807, 2.05) is 0 Å². The first-order chi connectivity index (χ1) is 7.26. The molecule has 16 heavy (non-hydrogen) atoms. The highest BCUT2D eigenvalue weighted by molar-refractivity contribution is 5.75. The van der Waals surface area contributed by atoms with Crippen LogP contribution in [0.25, 0.3) is 0 Å². The maximum atomic E-state index is 11.5. The van der Waals surface area contributed by atoms with E-state index in [9.17, 15) is 9.59 Å². The van der Waals surface area contributed by atoms with Gasteiger partial charge < -0.3 is 14.6 Å². The zero-order valence-electron chi connectivity index (χ0n) is 9.85. The third kappa shape index (κ3) is 7.02. The number of hydrogen-bond acceptors (Lipinski definition) is 5. The number of rotatable bonds is 5. The first kappa shape index (κ1) is 14.7. The van der Waals surface area contributed by atoms with E-state index >= 15 is 0 Å². The molecule has 7 heteroatoms. The second-order valence-electron chi connectivity index (χ2n) is 3.95. The Morgan fingerprint density at radius 2 is 1.88 bits per heavy atom. The van der Waals surface area contributed by atoms with Crippen molar-refractivity contribution in [1.29, 1.82) is 0 Å². The number of ether oxygens (including phenoxy) is 2. The van der Waals surface area contributed by atoms with Crippen LogP contribution in [0.5, 0.6) is 0 Å². The molecule has 1 amide bonds. The summed E-state index contributed by atoms with van der Waals surface area (Å²) in [5, 5.41) is 9.15. The van der Waals surface area contributed by atoms with Crippen LogP contribution in [0, 0.1) is 0 Å². The molecule has 0 saturated carbocycles. The molecular formula is C9H17NO6. The summed E-state index contributed by atoms with van der Waals surface area (Å²) in [6.07, 6.45) is -0.869. The van der Waals surface area contributed by atoms with Crippen molar-refractivity contribution in [3.63, 3.8) is 0 Å². The van der Waals surface area contributed by atoms with Gasteiger partial charge in [0.05, 0.1) is 0 Å². The summed E-state index contributed by atoms with van der Waals surface area (Å²) in [5.41, 5.74) is -0.718. The molecule has 0 aromatic carbocycles. The molecule has 7 nitrogen and oxygen atoms in total. The molecule has 0 fully saturated rings. The second-order valence-corrected chi connectivity index (χ2v) is 3.95. The Kier molecular flexibility index (Phi) is 5.76. The Morgan fingerprint density at radius 1 is 1.31 bits per heavy atom. The molecule has 0 aliphatic carbocycles. The Bertz CT molecular complexity index is 247. The number of carbonyl (C=O) groups is 2. The zero-order valence-corrected chi connectivity index (χ0v) is 9.85. The van der Waals surface area contributed by atoms with Gasteiger partial charge in [-0.3, -0.25) is 4.79 Å². The van der Waals surface area contributed by atoms with Crippen molar-refractivity contribution in [3.05, 3.63) is 0 Å². The Hall–Kier alpha value is -1.34. The number of methoxy groups -OCH3 is 1. The second kappa shape index (κ2) is 6.29. The lowest BCUT2D eigenvalue weighted by atomic mass is 10.2. The van der Waals surface area contributed by atoms with Crippen LogP contribution in [0.4, 0.5) is 4.79 Å². The quantitative estimate of drug-likeness (QED) is 0.561. The average molecular weight is 235 g/mol. The van der Waals surface area contributed by atoms with Crippen LogP contribution in [0.1, 0.15) is 20.8 Å². The van der Waals surface area contributed by atoms with E-state index in [-0.39, 0.29) is 6.79 Å². The van der Waals surface area contributed by atoms with Crippen molar-refractivity contribution >= 4 is 12.1 Å². The topological polar surface area (TPSA) is 85.3 Å². The fourth-order valence-electron chi connectivity index (χ4n) is 0.715. The van der Waals surface area contributed by atoms with Crippen LogP contribution in [0.3, 0.4) is 0 Å². The van der Waals surface area contributed by atoms with Crippen molar-refractivity contribution in [1.82, 2.24) is 5.06 Å². The first-order valence-electron chi connectivity index (χ1n) is 4.60. The van der Waals surface area contributed by atoms with Gasteiger partial charge in [0.2, 0.25) is 0 Å². The summed E-state index contributed by atoms with van der Waals surface area (Å²) in [6, 6.07) is 0. The highest BCUT2D eigenvalue weighted by Crippen LogP contribution is 2.10. The molecule has 1 N–H and O–H groups in total. The number of carboxylic acids is 1. The summed E-state index contributed by atoms with van der Waals surface area (Å²) >= 11 is 0. The predicted molar refractivity (Wildman–Crippen MR) is 53.5 cm³/mol. The van der Waals surface area contributed by atoms with Crippen molar-refractivity contribution in [2.75, 3.05) is 20.4 Å². The molecule has 0 heterocycles. The molecule has 0 saturated heterocycles. The van der Waals surface area contributed by atoms with Gasteiger partial charge >= 0.3 is 12.1 Å². The minimum Gasteiger partial charge on any atom is -0.480 e. The molecule has 0 unspecified atom stereocenters. The van der Waals surface area contributed by atoms with Gasteiger partial charge in [0, 0.05) is 7.11 Å². The van der Waals surface area contributed by atoms with Crippen LogP contribution < -0.4 is 0 Å². The average Bonchev–Trinajstić information content (AvgIpc) is 2.08. The van der Waals surface area contributed by atoms with E-state index < -0.39 is 24.2 Å². The van der Waals surface area contributed by atoms with Crippen molar-refractivity contribution in [3.8, 4) is 0 Å². The van der Waals surface area contributed by atoms with E-state index in [0.29, 0.717) is 5.06 Å². The van der Waals surface area contributed by atoms with Gasteiger partial charge in [0.1, 0.15) is 12.1 Å². The lowest BCUT2D eigenvalue weighted by Gasteiger charge is -2.25. The third-order valence-corrected chi connectivity index (χ3v) is 1.20. The van der Waals surface area contributed by atoms with Gasteiger partial charge in [0.25, 0.3) is 0 Å². The predicted octanol–water partition coefficient (Wildman–Crippen LogP) is 0.844. The summed E-state index contributed by atoms with van der Waals surface area (Å²) in [7, 11) is 1.36. The molecule has 94 valence electrons. The van der Waals surface area contributed by atoms with Gasteiger partial charge in [-0.1, -0.05) is 0 Å². The van der Waals surface area contributed by atoms with Gasteiger partial charge in [-0.25, -0.2) is 9.63 Å². The number of carbonyl (C=O) groups excluding carboxylic acids is 1. The molecule has 0 spiro atoms. The number of carboxylic acid groups (broad SMARTS) is 1. The molecule has 0 radical (unpaired) electrons. The van der Waals surface area contributed by atoms with E-state index in [1.165, 1.54) is 7.11 Å². The molecular weight excluding hydrogens is 218 g/mol. The van der Waals surface area contributed by atoms with Gasteiger partial charge in [-0.05, 0) is 20.8 Å². The number of hydrogen-bond donors (Lipinski definition) is 1. The fraction of sp³-hybridized carbons (Fsp3) is 0.778. The number of nitrogens with zero attached hydrogens (tertiary/aromatic N) is 1. The van der Waals surface area contributed by atoms with Crippen LogP contribution >= 0.6 is 0 Å². The van der Waals surface area contributed by atoms with Gasteiger partial charge in [0.15, 0.2) is 6.79 Å². The highest BCUT2D eigenvalue weighted by atomic mass is 16.8. The molecule has 0 bridgehead atoms. The summed E-state index contributed by atoms with van der Waals surface area (Å²) in [5.74, 6) is -1.21. The molecule has 0 atom stereocenters. The molecule has 0 aromatic heterocycles. The van der Waals surface area contributed by atoms with E-state index in [0.717, 1.165) is 0 Å². The van der Waals surface area contributed by atoms with Crippen LogP contribution in [0.15, 0.2) is 0 Å². The first-order valence-corrected chi connectivity index (χ1v) is 4.60. The normalized spacial score (nSPS) is 11.0. The van der Waals surface area contributed by atoms with Crippen LogP contribution in [0.2, 0.25) is 0 Å². The molecule has 0 aliphatic rings. The Labute approximate surface area is 93.8 Å². The van der Waals surface area contributed by atoms with Crippen molar-refractivity contribution in [2.45, 2.75) is 26.4 Å². The fourth-order valence-corrected chi connectivity index (χ4v) is 0.715. The lowest BCUT2D eigenvalue weighted by Crippen LogP contribution is -2.40. The van der Waals surface area contributed by atoms with Gasteiger partial charge in [-0.2, -0.15) is 5.06 Å². The summed E-state index contributed by atoms with van der Waals surface area (Å²) in [4.78, 5) is 26.7. The van der Waals surface area contributed by atoms with Crippen LogP contribution in [-0.4, -0.2) is 48.3 Å². The van der Waals surface area contributed by atoms with E-state index in [1.54, 1.807) is 20.8 Å². The maximum Gasteiger partial charge on any atom is 0.435 e. The molecule has 0 aromatic rings. The Morgan fingerprint density at radius 3 is 2.25 bits per heavy atom. The lowest BCUT2D eigenvalue weighted by molar-refractivity contribution is -0.206. The minimum absolute atomic E-state index is 0.230. The summed E-state index contributed by atoms with van der Waals surface area (Å²) < 4.78 is 9.51. The highest BCUT2D eigenvalue weighted by Gasteiger charge is 2.24. The maximum absolute atomic E-state index is 11.5. The third-order valence-electron chi connectivity index (χ3n) is 1.20. The number of amides is 1. The summed E-state index contributed by atoms with van der Waals surface area (Å²) in [6.45, 7) is 4.16. The van der Waals surface area contributed by atoms with E-state index in [2.05, 4.69) is 4.74 Å². The van der Waals surface area contributed by atoms with Crippen molar-refractivity contribution in [2.24, 2.45) is 0 Å². The van der Waals surface area contributed by atoms with Gasteiger partial charge in [-0.15, -0.1) is 0 Å². The number of aliphatic carboxylic acids is 1. The van der Waals surface area contributed by atoms with Crippen molar-refractivity contribution < 1.29 is 29.0 Å². The number of hydroxylamine groups is 2.